The van der Waals surface area contributed by atoms with E-state index in [1.165, 1.54) is 31.4 Å². The van der Waals surface area contributed by atoms with Gasteiger partial charge in [0.15, 0.2) is 0 Å². The highest BCUT2D eigenvalue weighted by atomic mass is 32.1. The fourth-order valence-electron chi connectivity index (χ4n) is 3.22. The van der Waals surface area contributed by atoms with Crippen LogP contribution in [0.1, 0.15) is 46.1 Å². The second-order valence-electron chi connectivity index (χ2n) is 6.07. The van der Waals surface area contributed by atoms with Crippen LogP contribution in [0, 0.1) is 0 Å². The molecule has 1 aliphatic rings. The minimum atomic E-state index is 0.329. The van der Waals surface area contributed by atoms with Crippen molar-refractivity contribution in [2.45, 2.75) is 64.6 Å². The summed E-state index contributed by atoms with van der Waals surface area (Å²) in [5.74, 6) is 0. The largest absolute Gasteiger partial charge is 0.308 e. The molecule has 0 radical (unpaired) electrons. The summed E-state index contributed by atoms with van der Waals surface area (Å²) in [5, 5.41) is 8.26. The molecule has 1 aromatic heterocycles. The number of hydrogen-bond acceptors (Lipinski definition) is 3. The second kappa shape index (κ2) is 6.38. The standard InChI is InChI=1S/C16H28N2S/c1-5-16(6-2)12-18(14(4)10-17-16)13(3)9-15-7-8-19-11-15/h7-8,11,13-14,17H,5-6,9-10,12H2,1-4H3. The fourth-order valence-corrected chi connectivity index (χ4v) is 3.91. The number of nitrogens with one attached hydrogen (secondary N) is 1. The maximum atomic E-state index is 3.79. The van der Waals surface area contributed by atoms with Gasteiger partial charge in [0.1, 0.15) is 0 Å². The van der Waals surface area contributed by atoms with Crippen molar-refractivity contribution in [3.05, 3.63) is 22.4 Å². The first kappa shape index (κ1) is 15.0. The molecule has 2 unspecified atom stereocenters. The Morgan fingerprint density at radius 3 is 2.79 bits per heavy atom. The van der Waals surface area contributed by atoms with Gasteiger partial charge in [-0.2, -0.15) is 11.3 Å². The van der Waals surface area contributed by atoms with Gasteiger partial charge >= 0.3 is 0 Å². The van der Waals surface area contributed by atoms with Crippen LogP contribution in [0.15, 0.2) is 16.8 Å². The van der Waals surface area contributed by atoms with Crippen molar-refractivity contribution >= 4 is 11.3 Å². The van der Waals surface area contributed by atoms with Crippen LogP contribution in [0.25, 0.3) is 0 Å². The van der Waals surface area contributed by atoms with E-state index < -0.39 is 0 Å². The quantitative estimate of drug-likeness (QED) is 0.887. The number of piperazine rings is 1. The predicted octanol–water partition coefficient (Wildman–Crippen LogP) is 3.53. The second-order valence-corrected chi connectivity index (χ2v) is 6.85. The van der Waals surface area contributed by atoms with E-state index in [1.807, 2.05) is 0 Å². The molecule has 2 rings (SSSR count). The van der Waals surface area contributed by atoms with Crippen LogP contribution in [0.5, 0.6) is 0 Å². The molecule has 1 aromatic rings. The molecular weight excluding hydrogens is 252 g/mol. The Balaban J connectivity index is 2.03. The molecule has 2 nitrogen and oxygen atoms in total. The maximum Gasteiger partial charge on any atom is 0.0304 e. The van der Waals surface area contributed by atoms with Crippen LogP contribution in [-0.2, 0) is 6.42 Å². The number of hydrogen-bond donors (Lipinski definition) is 1. The lowest BCUT2D eigenvalue weighted by atomic mass is 9.87. The van der Waals surface area contributed by atoms with Crippen LogP contribution in [0.2, 0.25) is 0 Å². The Hall–Kier alpha value is -0.380. The zero-order chi connectivity index (χ0) is 13.9. The third-order valence-corrected chi connectivity index (χ3v) is 5.59. The molecule has 0 aliphatic carbocycles. The summed E-state index contributed by atoms with van der Waals surface area (Å²) >= 11 is 1.81. The van der Waals surface area contributed by atoms with Gasteiger partial charge in [-0.1, -0.05) is 13.8 Å². The molecular formula is C16H28N2S. The minimum absolute atomic E-state index is 0.329. The molecule has 0 bridgehead atoms. The number of rotatable bonds is 5. The van der Waals surface area contributed by atoms with Crippen LogP contribution >= 0.6 is 11.3 Å². The third kappa shape index (κ3) is 3.39. The highest BCUT2D eigenvalue weighted by Gasteiger charge is 2.36. The average molecular weight is 280 g/mol. The van der Waals surface area contributed by atoms with Crippen LogP contribution < -0.4 is 5.32 Å². The van der Waals surface area contributed by atoms with Crippen molar-refractivity contribution < 1.29 is 0 Å². The molecule has 1 aliphatic heterocycles. The summed E-state index contributed by atoms with van der Waals surface area (Å²) in [6.07, 6.45) is 3.62. The van der Waals surface area contributed by atoms with Crippen LogP contribution in [0.4, 0.5) is 0 Å². The first-order valence-electron chi connectivity index (χ1n) is 7.62. The van der Waals surface area contributed by atoms with Gasteiger partial charge in [0.2, 0.25) is 0 Å². The first-order chi connectivity index (χ1) is 9.10. The molecule has 2 atom stereocenters. The van der Waals surface area contributed by atoms with E-state index in [9.17, 15) is 0 Å². The van der Waals surface area contributed by atoms with Crippen molar-refractivity contribution in [1.29, 1.82) is 0 Å². The highest BCUT2D eigenvalue weighted by Crippen LogP contribution is 2.25. The van der Waals surface area contributed by atoms with Gasteiger partial charge in [0.05, 0.1) is 0 Å². The summed E-state index contributed by atoms with van der Waals surface area (Å²) in [7, 11) is 0. The molecule has 0 saturated carbocycles. The monoisotopic (exact) mass is 280 g/mol. The van der Waals surface area contributed by atoms with Gasteiger partial charge in [-0.05, 0) is 55.5 Å². The first-order valence-corrected chi connectivity index (χ1v) is 8.56. The Kier molecular flexibility index (Phi) is 5.04. The highest BCUT2D eigenvalue weighted by molar-refractivity contribution is 7.07. The molecule has 0 spiro atoms. The normalized spacial score (nSPS) is 25.4. The van der Waals surface area contributed by atoms with E-state index in [2.05, 4.69) is 54.7 Å². The zero-order valence-corrected chi connectivity index (χ0v) is 13.6. The third-order valence-electron chi connectivity index (χ3n) is 4.85. The lowest BCUT2D eigenvalue weighted by Gasteiger charge is -2.49. The lowest BCUT2D eigenvalue weighted by Crippen LogP contribution is -2.65. The molecule has 1 N–H and O–H groups in total. The summed E-state index contributed by atoms with van der Waals surface area (Å²) in [6, 6.07) is 3.53. The molecule has 19 heavy (non-hydrogen) atoms. The van der Waals surface area contributed by atoms with Crippen molar-refractivity contribution in [1.82, 2.24) is 10.2 Å². The SMILES string of the molecule is CCC1(CC)CN(C(C)Cc2ccsc2)C(C)CN1. The fraction of sp³-hybridized carbons (Fsp3) is 0.750. The van der Waals surface area contributed by atoms with Crippen molar-refractivity contribution in [3.63, 3.8) is 0 Å². The Bertz CT molecular complexity index is 370. The van der Waals surface area contributed by atoms with Gasteiger partial charge in [0.25, 0.3) is 0 Å². The molecule has 1 fully saturated rings. The van der Waals surface area contributed by atoms with Crippen molar-refractivity contribution in [3.8, 4) is 0 Å². The Morgan fingerprint density at radius 1 is 1.47 bits per heavy atom. The molecule has 108 valence electrons. The number of nitrogens with zero attached hydrogens (tertiary/aromatic N) is 1. The van der Waals surface area contributed by atoms with E-state index in [1.54, 1.807) is 11.3 Å². The smallest absolute Gasteiger partial charge is 0.0304 e. The van der Waals surface area contributed by atoms with E-state index in [0.717, 1.165) is 6.54 Å². The molecule has 0 amide bonds. The average Bonchev–Trinajstić information content (AvgIpc) is 2.92. The van der Waals surface area contributed by atoms with Crippen LogP contribution in [-0.4, -0.2) is 35.6 Å². The van der Waals surface area contributed by atoms with Gasteiger partial charge in [-0.25, -0.2) is 0 Å². The minimum Gasteiger partial charge on any atom is -0.308 e. The molecule has 0 aromatic carbocycles. The summed E-state index contributed by atoms with van der Waals surface area (Å²) < 4.78 is 0. The van der Waals surface area contributed by atoms with E-state index in [-0.39, 0.29) is 0 Å². The van der Waals surface area contributed by atoms with Crippen molar-refractivity contribution in [2.75, 3.05) is 13.1 Å². The van der Waals surface area contributed by atoms with E-state index >= 15 is 0 Å². The van der Waals surface area contributed by atoms with E-state index in [4.69, 9.17) is 0 Å². The number of thiophene rings is 1. The topological polar surface area (TPSA) is 15.3 Å². The van der Waals surface area contributed by atoms with Gasteiger partial charge < -0.3 is 5.32 Å². The molecule has 1 saturated heterocycles. The summed E-state index contributed by atoms with van der Waals surface area (Å²) in [6.45, 7) is 11.7. The molecule has 3 heteroatoms. The summed E-state index contributed by atoms with van der Waals surface area (Å²) in [5.41, 5.74) is 1.82. The Morgan fingerprint density at radius 2 is 2.21 bits per heavy atom. The van der Waals surface area contributed by atoms with Crippen molar-refractivity contribution in [2.24, 2.45) is 0 Å². The lowest BCUT2D eigenvalue weighted by molar-refractivity contribution is 0.0502. The summed E-state index contributed by atoms with van der Waals surface area (Å²) in [4.78, 5) is 2.71. The van der Waals surface area contributed by atoms with E-state index in [0.29, 0.717) is 17.6 Å². The van der Waals surface area contributed by atoms with Gasteiger partial charge in [-0.15, -0.1) is 0 Å². The Labute approximate surface area is 122 Å². The zero-order valence-electron chi connectivity index (χ0n) is 12.8. The van der Waals surface area contributed by atoms with Crippen LogP contribution in [0.3, 0.4) is 0 Å². The van der Waals surface area contributed by atoms with Gasteiger partial charge in [-0.3, -0.25) is 4.90 Å². The molecule has 2 heterocycles. The maximum absolute atomic E-state index is 3.79. The van der Waals surface area contributed by atoms with Gasteiger partial charge in [0, 0.05) is 30.7 Å². The predicted molar refractivity (Wildman–Crippen MR) is 85.0 cm³/mol.